The van der Waals surface area contributed by atoms with Gasteiger partial charge in [0.25, 0.3) is 5.91 Å². The van der Waals surface area contributed by atoms with Crippen LogP contribution in [0.4, 0.5) is 15.9 Å². The summed E-state index contributed by atoms with van der Waals surface area (Å²) >= 11 is 0. The molecule has 10 heteroatoms. The lowest BCUT2D eigenvalue weighted by Crippen LogP contribution is -2.44. The number of rotatable bonds is 8. The van der Waals surface area contributed by atoms with E-state index in [0.29, 0.717) is 54.1 Å². The molecule has 4 N–H and O–H groups in total. The monoisotopic (exact) mass is 518 g/mol. The van der Waals surface area contributed by atoms with Gasteiger partial charge in [-0.2, -0.15) is 0 Å². The molecular formula is C28H31FN6O3. The number of carbonyl (C=O) groups excluding carboxylic acids is 1. The average molecular weight is 519 g/mol. The van der Waals surface area contributed by atoms with Crippen LogP contribution >= 0.6 is 0 Å². The first-order valence-corrected chi connectivity index (χ1v) is 12.6. The van der Waals surface area contributed by atoms with Crippen molar-refractivity contribution in [1.82, 2.24) is 25.0 Å². The number of aromatic nitrogens is 3. The molecule has 0 spiro atoms. The maximum Gasteiger partial charge on any atom is 0.251 e. The van der Waals surface area contributed by atoms with Crippen molar-refractivity contribution in [1.29, 1.82) is 0 Å². The number of halogens is 1. The summed E-state index contributed by atoms with van der Waals surface area (Å²) in [7, 11) is 1.43. The number of aryl methyl sites for hydroxylation is 1. The summed E-state index contributed by atoms with van der Waals surface area (Å²) in [5.74, 6) is 0.0864. The third-order valence-corrected chi connectivity index (χ3v) is 7.02. The molecule has 1 fully saturated rings. The van der Waals surface area contributed by atoms with Gasteiger partial charge >= 0.3 is 0 Å². The lowest BCUT2D eigenvalue weighted by Gasteiger charge is -2.32. The van der Waals surface area contributed by atoms with Crippen molar-refractivity contribution in [2.45, 2.75) is 31.8 Å². The molecule has 0 saturated carbocycles. The van der Waals surface area contributed by atoms with E-state index < -0.39 is 11.4 Å². The number of methoxy groups -OCH3 is 1. The SMILES string of the molecule is COc1ccc(-c2cnc3c(Nc4ccc(C(=O)NCCC5(O)CCNCC5)c(C)c4)nccn23)cc1F. The van der Waals surface area contributed by atoms with E-state index in [1.54, 1.807) is 36.8 Å². The van der Waals surface area contributed by atoms with E-state index in [-0.39, 0.29) is 11.7 Å². The van der Waals surface area contributed by atoms with Crippen LogP contribution in [0.3, 0.4) is 0 Å². The second-order valence-corrected chi connectivity index (χ2v) is 9.60. The van der Waals surface area contributed by atoms with Crippen LogP contribution in [0.15, 0.2) is 55.0 Å². The summed E-state index contributed by atoms with van der Waals surface area (Å²) in [5, 5.41) is 20.1. The van der Waals surface area contributed by atoms with Crippen molar-refractivity contribution < 1.29 is 19.0 Å². The molecule has 198 valence electrons. The van der Waals surface area contributed by atoms with Crippen LogP contribution in [0, 0.1) is 12.7 Å². The minimum Gasteiger partial charge on any atom is -0.494 e. The fraction of sp³-hybridized carbons (Fsp3) is 0.321. The standard InChI is InChI=1S/C28H31FN6O3/c1-18-15-20(4-5-21(18)27(36)32-12-9-28(37)7-10-30-11-8-28)34-25-26-33-17-23(35(26)14-13-31-25)19-3-6-24(38-2)22(29)16-19/h3-6,13-17,30,37H,7-12H2,1-2H3,(H,31,34)(H,32,36). The minimum absolute atomic E-state index is 0.170. The Hall–Kier alpha value is -4.02. The molecular weight excluding hydrogens is 487 g/mol. The molecule has 0 bridgehead atoms. The number of carbonyl (C=O) groups is 1. The van der Waals surface area contributed by atoms with Crippen molar-refractivity contribution in [3.8, 4) is 17.0 Å². The van der Waals surface area contributed by atoms with Crippen molar-refractivity contribution in [3.05, 3.63) is 71.9 Å². The van der Waals surface area contributed by atoms with Crippen molar-refractivity contribution in [3.63, 3.8) is 0 Å². The highest BCUT2D eigenvalue weighted by atomic mass is 19.1. The molecule has 0 unspecified atom stereocenters. The maximum atomic E-state index is 14.3. The van der Waals surface area contributed by atoms with Gasteiger partial charge in [-0.3, -0.25) is 9.20 Å². The van der Waals surface area contributed by atoms with Crippen LogP contribution in [0.5, 0.6) is 5.75 Å². The first-order valence-electron chi connectivity index (χ1n) is 12.6. The van der Waals surface area contributed by atoms with E-state index in [0.717, 1.165) is 24.3 Å². The third-order valence-electron chi connectivity index (χ3n) is 7.02. The lowest BCUT2D eigenvalue weighted by atomic mass is 9.89. The second-order valence-electron chi connectivity index (χ2n) is 9.60. The largest absolute Gasteiger partial charge is 0.494 e. The topological polar surface area (TPSA) is 113 Å². The number of hydrogen-bond acceptors (Lipinski definition) is 7. The molecule has 2 aromatic carbocycles. The van der Waals surface area contributed by atoms with E-state index >= 15 is 0 Å². The summed E-state index contributed by atoms with van der Waals surface area (Å²) in [6, 6.07) is 10.2. The Morgan fingerprint density at radius 2 is 2.03 bits per heavy atom. The predicted octanol–water partition coefficient (Wildman–Crippen LogP) is 3.83. The summed E-state index contributed by atoms with van der Waals surface area (Å²) in [6.45, 7) is 3.88. The second kappa shape index (κ2) is 10.8. The molecule has 1 saturated heterocycles. The van der Waals surface area contributed by atoms with E-state index in [1.807, 2.05) is 23.5 Å². The molecule has 0 aliphatic carbocycles. The molecule has 1 aliphatic heterocycles. The average Bonchev–Trinajstić information content (AvgIpc) is 3.34. The first kappa shape index (κ1) is 25.6. The molecule has 4 aromatic rings. The van der Waals surface area contributed by atoms with Gasteiger partial charge in [-0.25, -0.2) is 14.4 Å². The Kier molecular flexibility index (Phi) is 7.26. The molecule has 0 radical (unpaired) electrons. The van der Waals surface area contributed by atoms with Crippen molar-refractivity contribution in [2.75, 3.05) is 32.1 Å². The summed E-state index contributed by atoms with van der Waals surface area (Å²) in [4.78, 5) is 21.7. The summed E-state index contributed by atoms with van der Waals surface area (Å²) in [6.07, 6.45) is 7.00. The molecule has 1 aliphatic rings. The van der Waals surface area contributed by atoms with E-state index in [2.05, 4.69) is 25.9 Å². The van der Waals surface area contributed by atoms with Gasteiger partial charge in [-0.1, -0.05) is 0 Å². The lowest BCUT2D eigenvalue weighted by molar-refractivity contribution is 0.00325. The summed E-state index contributed by atoms with van der Waals surface area (Å²) < 4.78 is 21.1. The van der Waals surface area contributed by atoms with Gasteiger partial charge in [0.1, 0.15) is 0 Å². The van der Waals surface area contributed by atoms with E-state index in [9.17, 15) is 14.3 Å². The zero-order valence-electron chi connectivity index (χ0n) is 21.4. The molecule has 0 atom stereocenters. The first-order chi connectivity index (χ1) is 18.4. The van der Waals surface area contributed by atoms with E-state index in [1.165, 1.54) is 13.2 Å². The van der Waals surface area contributed by atoms with Crippen molar-refractivity contribution in [2.24, 2.45) is 0 Å². The Morgan fingerprint density at radius 1 is 1.21 bits per heavy atom. The van der Waals surface area contributed by atoms with Crippen molar-refractivity contribution >= 4 is 23.1 Å². The fourth-order valence-electron chi connectivity index (χ4n) is 4.83. The number of ether oxygens (including phenoxy) is 1. The normalized spacial score (nSPS) is 14.8. The minimum atomic E-state index is -0.719. The number of fused-ring (bicyclic) bond motifs is 1. The van der Waals surface area contributed by atoms with Gasteiger partial charge in [0.05, 0.1) is 24.6 Å². The predicted molar refractivity (Wildman–Crippen MR) is 143 cm³/mol. The molecule has 1 amide bonds. The van der Waals surface area contributed by atoms with Crippen LogP contribution < -0.4 is 20.7 Å². The quantitative estimate of drug-likeness (QED) is 0.280. The molecule has 38 heavy (non-hydrogen) atoms. The van der Waals surface area contributed by atoms with Gasteiger partial charge in [0.2, 0.25) is 0 Å². The van der Waals surface area contributed by atoms with E-state index in [4.69, 9.17) is 4.74 Å². The van der Waals surface area contributed by atoms with Crippen LogP contribution in [-0.2, 0) is 0 Å². The zero-order valence-corrected chi connectivity index (χ0v) is 21.4. The Labute approximate surface area is 220 Å². The third kappa shape index (κ3) is 5.32. The number of piperidine rings is 1. The van der Waals surface area contributed by atoms with Gasteiger partial charge < -0.3 is 25.8 Å². The van der Waals surface area contributed by atoms with Crippen LogP contribution in [0.25, 0.3) is 16.9 Å². The maximum absolute atomic E-state index is 14.3. The number of hydrogen-bond donors (Lipinski definition) is 4. The molecule has 3 heterocycles. The van der Waals surface area contributed by atoms with Gasteiger partial charge in [0, 0.05) is 35.8 Å². The smallest absolute Gasteiger partial charge is 0.251 e. The Balaban J connectivity index is 1.29. The van der Waals surface area contributed by atoms with Gasteiger partial charge in [-0.15, -0.1) is 0 Å². The highest BCUT2D eigenvalue weighted by Gasteiger charge is 2.28. The number of benzene rings is 2. The summed E-state index contributed by atoms with van der Waals surface area (Å²) in [5.41, 5.74) is 3.36. The number of nitrogens with one attached hydrogen (secondary N) is 3. The number of imidazole rings is 1. The van der Waals surface area contributed by atoms with Gasteiger partial charge in [0.15, 0.2) is 23.0 Å². The Morgan fingerprint density at radius 3 is 2.76 bits per heavy atom. The number of anilines is 2. The van der Waals surface area contributed by atoms with Crippen LogP contribution in [0.1, 0.15) is 35.2 Å². The Bertz CT molecular complexity index is 1460. The van der Waals surface area contributed by atoms with Crippen LogP contribution in [-0.4, -0.2) is 57.7 Å². The number of nitrogens with zero attached hydrogens (tertiary/aromatic N) is 3. The zero-order chi connectivity index (χ0) is 26.7. The molecule has 5 rings (SSSR count). The van der Waals surface area contributed by atoms with Gasteiger partial charge in [-0.05, 0) is 81.2 Å². The molecule has 9 nitrogen and oxygen atoms in total. The number of amides is 1. The highest BCUT2D eigenvalue weighted by Crippen LogP contribution is 2.29. The van der Waals surface area contributed by atoms with Crippen LogP contribution in [0.2, 0.25) is 0 Å². The molecule has 2 aromatic heterocycles. The highest BCUT2D eigenvalue weighted by molar-refractivity contribution is 5.96. The number of aliphatic hydroxyl groups is 1. The fourth-order valence-corrected chi connectivity index (χ4v) is 4.83.